The van der Waals surface area contributed by atoms with Gasteiger partial charge in [0.25, 0.3) is 0 Å². The van der Waals surface area contributed by atoms with Crippen LogP contribution in [0.1, 0.15) is 53.4 Å². The summed E-state index contributed by atoms with van der Waals surface area (Å²) in [6, 6.07) is 0. The molecular weight excluding hydrogens is 158 g/mol. The van der Waals surface area contributed by atoms with E-state index >= 15 is 0 Å². The lowest BCUT2D eigenvalue weighted by Crippen LogP contribution is -2.25. The van der Waals surface area contributed by atoms with Gasteiger partial charge in [0.05, 0.1) is 0 Å². The third kappa shape index (κ3) is 7.06. The highest BCUT2D eigenvalue weighted by Crippen LogP contribution is 2.17. The maximum absolute atomic E-state index is 3.46. The second kappa shape index (κ2) is 8.55. The molecule has 1 nitrogen and oxygen atoms in total. The Labute approximate surface area is 84.3 Å². The number of unbranched alkanes of at least 4 members (excludes halogenated alkanes) is 2. The van der Waals surface area contributed by atoms with Crippen molar-refractivity contribution in [3.63, 3.8) is 0 Å². The summed E-state index contributed by atoms with van der Waals surface area (Å²) in [6.45, 7) is 11.5. The van der Waals surface area contributed by atoms with Crippen LogP contribution in [0.2, 0.25) is 0 Å². The van der Waals surface area contributed by atoms with Crippen molar-refractivity contribution in [3.05, 3.63) is 0 Å². The molecular formula is C12H27N. The smallest absolute Gasteiger partial charge is 0.00182 e. The Kier molecular flexibility index (Phi) is 8.53. The first-order chi connectivity index (χ1) is 6.22. The molecule has 0 heterocycles. The van der Waals surface area contributed by atoms with Crippen molar-refractivity contribution in [2.75, 3.05) is 13.1 Å². The van der Waals surface area contributed by atoms with E-state index in [1.54, 1.807) is 0 Å². The van der Waals surface area contributed by atoms with E-state index in [2.05, 4.69) is 33.0 Å². The standard InChI is InChI=1S/C12H27N/c1-5-7-8-9-12(11(3)4)10-13-6-2/h11-13H,5-10H2,1-4H3. The van der Waals surface area contributed by atoms with Gasteiger partial charge in [0.2, 0.25) is 0 Å². The largest absolute Gasteiger partial charge is 0.317 e. The average molecular weight is 185 g/mol. The van der Waals surface area contributed by atoms with E-state index in [4.69, 9.17) is 0 Å². The van der Waals surface area contributed by atoms with Crippen LogP contribution >= 0.6 is 0 Å². The Bertz CT molecular complexity index is 99.3. The Balaban J connectivity index is 3.54. The molecule has 1 unspecified atom stereocenters. The third-order valence-electron chi connectivity index (χ3n) is 2.78. The maximum Gasteiger partial charge on any atom is -0.00182 e. The average Bonchev–Trinajstić information content (AvgIpc) is 2.10. The lowest BCUT2D eigenvalue weighted by Gasteiger charge is -2.20. The Morgan fingerprint density at radius 1 is 1.08 bits per heavy atom. The van der Waals surface area contributed by atoms with Gasteiger partial charge in [-0.3, -0.25) is 0 Å². The minimum Gasteiger partial charge on any atom is -0.317 e. The summed E-state index contributed by atoms with van der Waals surface area (Å²) in [7, 11) is 0. The van der Waals surface area contributed by atoms with Crippen molar-refractivity contribution >= 4 is 0 Å². The monoisotopic (exact) mass is 185 g/mol. The summed E-state index contributed by atoms with van der Waals surface area (Å²) >= 11 is 0. The minimum atomic E-state index is 0.830. The molecule has 0 bridgehead atoms. The van der Waals surface area contributed by atoms with Crippen molar-refractivity contribution < 1.29 is 0 Å². The highest BCUT2D eigenvalue weighted by molar-refractivity contribution is 4.65. The predicted molar refractivity (Wildman–Crippen MR) is 61.0 cm³/mol. The van der Waals surface area contributed by atoms with Crippen LogP contribution in [-0.4, -0.2) is 13.1 Å². The zero-order valence-corrected chi connectivity index (χ0v) is 9.90. The lowest BCUT2D eigenvalue weighted by atomic mass is 9.90. The molecule has 0 aliphatic carbocycles. The molecule has 1 heteroatoms. The van der Waals surface area contributed by atoms with Gasteiger partial charge in [-0.1, -0.05) is 47.0 Å². The van der Waals surface area contributed by atoms with Gasteiger partial charge in [0.1, 0.15) is 0 Å². The molecule has 0 aliphatic rings. The van der Waals surface area contributed by atoms with Crippen LogP contribution in [0.4, 0.5) is 0 Å². The molecule has 0 aromatic carbocycles. The van der Waals surface area contributed by atoms with Crippen LogP contribution in [0.3, 0.4) is 0 Å². The van der Waals surface area contributed by atoms with Gasteiger partial charge in [0.15, 0.2) is 0 Å². The number of nitrogens with one attached hydrogen (secondary N) is 1. The van der Waals surface area contributed by atoms with Gasteiger partial charge in [-0.15, -0.1) is 0 Å². The van der Waals surface area contributed by atoms with Crippen LogP contribution < -0.4 is 5.32 Å². The molecule has 0 radical (unpaired) electrons. The molecule has 0 amide bonds. The summed E-state index contributed by atoms with van der Waals surface area (Å²) in [6.07, 6.45) is 5.55. The van der Waals surface area contributed by atoms with Gasteiger partial charge < -0.3 is 5.32 Å². The summed E-state index contributed by atoms with van der Waals surface area (Å²) in [5, 5.41) is 3.46. The van der Waals surface area contributed by atoms with Crippen LogP contribution in [0.5, 0.6) is 0 Å². The molecule has 80 valence electrons. The predicted octanol–water partition coefficient (Wildman–Crippen LogP) is 3.45. The second-order valence-electron chi connectivity index (χ2n) is 4.31. The molecule has 0 spiro atoms. The number of hydrogen-bond acceptors (Lipinski definition) is 1. The molecule has 0 fully saturated rings. The highest BCUT2D eigenvalue weighted by Gasteiger charge is 2.11. The molecule has 0 aromatic heterocycles. The van der Waals surface area contributed by atoms with E-state index in [9.17, 15) is 0 Å². The van der Waals surface area contributed by atoms with E-state index in [1.165, 1.54) is 32.2 Å². The zero-order valence-electron chi connectivity index (χ0n) is 9.90. The van der Waals surface area contributed by atoms with E-state index in [-0.39, 0.29) is 0 Å². The van der Waals surface area contributed by atoms with Crippen molar-refractivity contribution in [1.29, 1.82) is 0 Å². The van der Waals surface area contributed by atoms with Crippen molar-refractivity contribution in [1.82, 2.24) is 5.32 Å². The van der Waals surface area contributed by atoms with Crippen LogP contribution in [-0.2, 0) is 0 Å². The molecule has 1 N–H and O–H groups in total. The van der Waals surface area contributed by atoms with E-state index in [0.29, 0.717) is 0 Å². The van der Waals surface area contributed by atoms with E-state index in [0.717, 1.165) is 18.4 Å². The quantitative estimate of drug-likeness (QED) is 0.571. The Morgan fingerprint density at radius 2 is 1.77 bits per heavy atom. The van der Waals surface area contributed by atoms with Gasteiger partial charge in [0, 0.05) is 0 Å². The normalized spacial score (nSPS) is 13.6. The van der Waals surface area contributed by atoms with Gasteiger partial charge in [-0.25, -0.2) is 0 Å². The SMILES string of the molecule is CCCCCC(CNCC)C(C)C. The maximum atomic E-state index is 3.46. The van der Waals surface area contributed by atoms with E-state index < -0.39 is 0 Å². The van der Waals surface area contributed by atoms with E-state index in [1.807, 2.05) is 0 Å². The first kappa shape index (κ1) is 13.0. The summed E-state index contributed by atoms with van der Waals surface area (Å²) < 4.78 is 0. The van der Waals surface area contributed by atoms with Crippen molar-refractivity contribution in [2.24, 2.45) is 11.8 Å². The first-order valence-corrected chi connectivity index (χ1v) is 5.93. The number of rotatable bonds is 8. The Hall–Kier alpha value is -0.0400. The second-order valence-corrected chi connectivity index (χ2v) is 4.31. The van der Waals surface area contributed by atoms with Gasteiger partial charge >= 0.3 is 0 Å². The lowest BCUT2D eigenvalue weighted by molar-refractivity contribution is 0.332. The fourth-order valence-electron chi connectivity index (χ4n) is 1.66. The van der Waals surface area contributed by atoms with Crippen LogP contribution in [0.25, 0.3) is 0 Å². The Morgan fingerprint density at radius 3 is 2.23 bits per heavy atom. The van der Waals surface area contributed by atoms with Gasteiger partial charge in [-0.05, 0) is 31.3 Å². The fourth-order valence-corrected chi connectivity index (χ4v) is 1.66. The zero-order chi connectivity index (χ0) is 10.1. The molecule has 0 saturated heterocycles. The first-order valence-electron chi connectivity index (χ1n) is 5.93. The summed E-state index contributed by atoms with van der Waals surface area (Å²) in [4.78, 5) is 0. The molecule has 0 rings (SSSR count). The van der Waals surface area contributed by atoms with Crippen LogP contribution in [0, 0.1) is 11.8 Å². The van der Waals surface area contributed by atoms with Crippen LogP contribution in [0.15, 0.2) is 0 Å². The summed E-state index contributed by atoms with van der Waals surface area (Å²) in [5.74, 6) is 1.71. The summed E-state index contributed by atoms with van der Waals surface area (Å²) in [5.41, 5.74) is 0. The molecule has 1 atom stereocenters. The topological polar surface area (TPSA) is 12.0 Å². The molecule has 0 aliphatic heterocycles. The third-order valence-corrected chi connectivity index (χ3v) is 2.78. The minimum absolute atomic E-state index is 0.830. The van der Waals surface area contributed by atoms with Crippen molar-refractivity contribution in [2.45, 2.75) is 53.4 Å². The molecule has 13 heavy (non-hydrogen) atoms. The van der Waals surface area contributed by atoms with Gasteiger partial charge in [-0.2, -0.15) is 0 Å². The molecule has 0 aromatic rings. The number of hydrogen-bond donors (Lipinski definition) is 1. The molecule has 0 saturated carbocycles. The fraction of sp³-hybridized carbons (Fsp3) is 1.00. The van der Waals surface area contributed by atoms with Crippen molar-refractivity contribution in [3.8, 4) is 0 Å². The highest BCUT2D eigenvalue weighted by atomic mass is 14.8.